The van der Waals surface area contributed by atoms with Crippen molar-refractivity contribution in [2.45, 2.75) is 44.7 Å². The van der Waals surface area contributed by atoms with E-state index in [-0.39, 0.29) is 11.8 Å². The molecule has 0 radical (unpaired) electrons. The molecule has 2 bridgehead atoms. The van der Waals surface area contributed by atoms with Gasteiger partial charge < -0.3 is 15.1 Å². The van der Waals surface area contributed by atoms with Gasteiger partial charge in [-0.1, -0.05) is 0 Å². The van der Waals surface area contributed by atoms with Crippen LogP contribution in [-0.2, 0) is 11.2 Å². The lowest BCUT2D eigenvalue weighted by Gasteiger charge is -2.28. The predicted octanol–water partition coefficient (Wildman–Crippen LogP) is 1.56. The smallest absolute Gasteiger partial charge is 0.254 e. The third-order valence-corrected chi connectivity index (χ3v) is 5.49. The molecule has 3 aliphatic rings. The molecule has 2 unspecified atom stereocenters. The van der Waals surface area contributed by atoms with Crippen molar-refractivity contribution in [1.82, 2.24) is 10.2 Å². The maximum Gasteiger partial charge on any atom is 0.254 e. The van der Waals surface area contributed by atoms with Gasteiger partial charge in [-0.2, -0.15) is 0 Å². The minimum Gasteiger partial charge on any atom is -0.331 e. The van der Waals surface area contributed by atoms with Crippen molar-refractivity contribution < 1.29 is 9.59 Å². The zero-order valence-electron chi connectivity index (χ0n) is 13.5. The largest absolute Gasteiger partial charge is 0.331 e. The van der Waals surface area contributed by atoms with E-state index in [4.69, 9.17) is 0 Å². The Morgan fingerprint density at radius 3 is 2.83 bits per heavy atom. The van der Waals surface area contributed by atoms with Crippen molar-refractivity contribution in [3.63, 3.8) is 0 Å². The van der Waals surface area contributed by atoms with Crippen LogP contribution in [-0.4, -0.2) is 48.4 Å². The Balaban J connectivity index is 1.61. The molecule has 23 heavy (non-hydrogen) atoms. The van der Waals surface area contributed by atoms with E-state index in [0.29, 0.717) is 12.1 Å². The van der Waals surface area contributed by atoms with Crippen LogP contribution in [0.1, 0.15) is 42.1 Å². The van der Waals surface area contributed by atoms with Gasteiger partial charge in [0.2, 0.25) is 5.91 Å². The highest BCUT2D eigenvalue weighted by molar-refractivity contribution is 5.98. The van der Waals surface area contributed by atoms with Crippen LogP contribution in [0.4, 0.5) is 5.69 Å². The zero-order chi connectivity index (χ0) is 16.0. The number of benzene rings is 1. The number of nitrogens with one attached hydrogen (secondary N) is 1. The molecule has 4 rings (SSSR count). The molecular formula is C18H23N3O2. The minimum atomic E-state index is 0.0689. The summed E-state index contributed by atoms with van der Waals surface area (Å²) < 4.78 is 0. The van der Waals surface area contributed by atoms with Crippen molar-refractivity contribution in [3.05, 3.63) is 29.3 Å². The minimum absolute atomic E-state index is 0.0689. The lowest BCUT2D eigenvalue weighted by molar-refractivity contribution is -0.116. The fraction of sp³-hybridized carbons (Fsp3) is 0.556. The Morgan fingerprint density at radius 2 is 2.00 bits per heavy atom. The molecule has 1 N–H and O–H groups in total. The zero-order valence-corrected chi connectivity index (χ0v) is 13.5. The summed E-state index contributed by atoms with van der Waals surface area (Å²) in [6.45, 7) is 4.23. The van der Waals surface area contributed by atoms with Gasteiger partial charge in [0.25, 0.3) is 5.91 Å². The highest BCUT2D eigenvalue weighted by atomic mass is 16.2. The Kier molecular flexibility index (Phi) is 3.60. The van der Waals surface area contributed by atoms with Crippen LogP contribution in [0.5, 0.6) is 0 Å². The van der Waals surface area contributed by atoms with Gasteiger partial charge in [-0.05, 0) is 56.0 Å². The molecule has 3 aliphatic heterocycles. The van der Waals surface area contributed by atoms with Crippen LogP contribution >= 0.6 is 0 Å². The summed E-state index contributed by atoms with van der Waals surface area (Å²) in [5.74, 6) is 0.227. The Morgan fingerprint density at radius 1 is 1.17 bits per heavy atom. The van der Waals surface area contributed by atoms with Gasteiger partial charge in [0, 0.05) is 43.3 Å². The van der Waals surface area contributed by atoms with E-state index in [1.807, 2.05) is 18.2 Å². The molecule has 1 aromatic rings. The number of nitrogens with zero attached hydrogens (tertiary/aromatic N) is 2. The van der Waals surface area contributed by atoms with Crippen molar-refractivity contribution in [3.8, 4) is 0 Å². The van der Waals surface area contributed by atoms with E-state index in [1.54, 1.807) is 11.8 Å². The number of hydrogen-bond donors (Lipinski definition) is 1. The fourth-order valence-electron chi connectivity index (χ4n) is 4.32. The van der Waals surface area contributed by atoms with Crippen molar-refractivity contribution in [1.29, 1.82) is 0 Å². The van der Waals surface area contributed by atoms with Gasteiger partial charge in [0.15, 0.2) is 0 Å². The maximum absolute atomic E-state index is 13.0. The van der Waals surface area contributed by atoms with Crippen LogP contribution in [0.25, 0.3) is 0 Å². The number of carbonyl (C=O) groups is 2. The Bertz CT molecular complexity index is 644. The first-order valence-corrected chi connectivity index (χ1v) is 8.59. The average Bonchev–Trinajstić information content (AvgIpc) is 3.05. The molecule has 2 amide bonds. The summed E-state index contributed by atoms with van der Waals surface area (Å²) in [5.41, 5.74) is 2.86. The summed E-state index contributed by atoms with van der Waals surface area (Å²) in [5, 5.41) is 3.44. The van der Waals surface area contributed by atoms with E-state index in [1.165, 1.54) is 0 Å². The van der Waals surface area contributed by atoms with Crippen LogP contribution in [0, 0.1) is 0 Å². The maximum atomic E-state index is 13.0. The molecule has 1 aromatic carbocycles. The molecule has 0 aromatic heterocycles. The highest BCUT2D eigenvalue weighted by Gasteiger charge is 2.38. The number of amides is 2. The van der Waals surface area contributed by atoms with E-state index >= 15 is 0 Å². The molecule has 2 saturated heterocycles. The van der Waals surface area contributed by atoms with Gasteiger partial charge in [-0.15, -0.1) is 0 Å². The molecule has 5 heteroatoms. The van der Waals surface area contributed by atoms with E-state index < -0.39 is 0 Å². The summed E-state index contributed by atoms with van der Waals surface area (Å²) in [4.78, 5) is 28.6. The van der Waals surface area contributed by atoms with E-state index in [2.05, 4.69) is 10.2 Å². The van der Waals surface area contributed by atoms with Crippen molar-refractivity contribution >= 4 is 17.5 Å². The van der Waals surface area contributed by atoms with Gasteiger partial charge in [-0.25, -0.2) is 0 Å². The predicted molar refractivity (Wildman–Crippen MR) is 88.6 cm³/mol. The second-order valence-electron chi connectivity index (χ2n) is 6.85. The first kappa shape index (κ1) is 14.7. The molecule has 2 fully saturated rings. The molecule has 0 spiro atoms. The standard InChI is InChI=1S/C18H23N3O2/c1-12(22)20-9-7-13-10-14(2-5-17(13)20)18(23)21-15-3-4-16(21)11-19-8-6-15/h2,5,10,15-16,19H,3-4,6-9,11H2,1H3. The van der Waals surface area contributed by atoms with Gasteiger partial charge in [0.1, 0.15) is 0 Å². The highest BCUT2D eigenvalue weighted by Crippen LogP contribution is 2.32. The van der Waals surface area contributed by atoms with E-state index in [0.717, 1.165) is 62.1 Å². The fourth-order valence-corrected chi connectivity index (χ4v) is 4.32. The van der Waals surface area contributed by atoms with Crippen molar-refractivity contribution in [2.75, 3.05) is 24.5 Å². The second kappa shape index (κ2) is 5.64. The van der Waals surface area contributed by atoms with Crippen LogP contribution in [0.3, 0.4) is 0 Å². The van der Waals surface area contributed by atoms with Gasteiger partial charge in [-0.3, -0.25) is 9.59 Å². The molecule has 2 atom stereocenters. The number of fused-ring (bicyclic) bond motifs is 3. The monoisotopic (exact) mass is 313 g/mol. The SMILES string of the molecule is CC(=O)N1CCc2cc(C(=O)N3C4CCNCC3CC4)ccc21. The van der Waals surface area contributed by atoms with Gasteiger partial charge >= 0.3 is 0 Å². The third kappa shape index (κ3) is 2.43. The summed E-state index contributed by atoms with van der Waals surface area (Å²) in [7, 11) is 0. The summed E-state index contributed by atoms with van der Waals surface area (Å²) in [6, 6.07) is 6.54. The Labute approximate surface area is 136 Å². The van der Waals surface area contributed by atoms with Crippen LogP contribution < -0.4 is 10.2 Å². The molecule has 0 aliphatic carbocycles. The summed E-state index contributed by atoms with van der Waals surface area (Å²) in [6.07, 6.45) is 4.11. The molecule has 5 nitrogen and oxygen atoms in total. The number of anilines is 1. The molecule has 0 saturated carbocycles. The van der Waals surface area contributed by atoms with E-state index in [9.17, 15) is 9.59 Å². The summed E-state index contributed by atoms with van der Waals surface area (Å²) >= 11 is 0. The topological polar surface area (TPSA) is 52.7 Å². The number of rotatable bonds is 1. The second-order valence-corrected chi connectivity index (χ2v) is 6.85. The first-order valence-electron chi connectivity index (χ1n) is 8.59. The normalized spacial score (nSPS) is 26.1. The molecule has 3 heterocycles. The lowest BCUT2D eigenvalue weighted by Crippen LogP contribution is -2.42. The van der Waals surface area contributed by atoms with Crippen LogP contribution in [0.2, 0.25) is 0 Å². The quantitative estimate of drug-likeness (QED) is 0.856. The molecular weight excluding hydrogens is 290 g/mol. The Hall–Kier alpha value is -1.88. The van der Waals surface area contributed by atoms with Gasteiger partial charge in [0.05, 0.1) is 0 Å². The van der Waals surface area contributed by atoms with Crippen LogP contribution in [0.15, 0.2) is 18.2 Å². The third-order valence-electron chi connectivity index (χ3n) is 5.49. The average molecular weight is 313 g/mol. The first-order chi connectivity index (χ1) is 11.1. The van der Waals surface area contributed by atoms with Crippen molar-refractivity contribution in [2.24, 2.45) is 0 Å². The number of carbonyl (C=O) groups excluding carboxylic acids is 2. The lowest BCUT2D eigenvalue weighted by atomic mass is 10.1. The number of hydrogen-bond acceptors (Lipinski definition) is 3. The molecule has 122 valence electrons.